The lowest BCUT2D eigenvalue weighted by atomic mass is 9.81. The van der Waals surface area contributed by atoms with Crippen molar-refractivity contribution in [3.8, 4) is 0 Å². The van der Waals surface area contributed by atoms with Gasteiger partial charge in [0, 0.05) is 31.7 Å². The number of aldehydes is 1. The fourth-order valence-corrected chi connectivity index (χ4v) is 2.76. The van der Waals surface area contributed by atoms with Gasteiger partial charge in [-0.3, -0.25) is 0 Å². The minimum atomic E-state index is -0.213. The summed E-state index contributed by atoms with van der Waals surface area (Å²) in [5, 5.41) is 0. The predicted octanol–water partition coefficient (Wildman–Crippen LogP) is 2.42. The van der Waals surface area contributed by atoms with Gasteiger partial charge in [-0.1, -0.05) is 24.3 Å². The maximum absolute atomic E-state index is 11.5. The highest BCUT2D eigenvalue weighted by Crippen LogP contribution is 2.29. The van der Waals surface area contributed by atoms with Crippen molar-refractivity contribution in [1.29, 1.82) is 0 Å². The van der Waals surface area contributed by atoms with E-state index in [0.29, 0.717) is 13.2 Å². The SMILES string of the molecule is Cc1ccccc1CN(C)CC1(C=O)CCOCC1. The Kier molecular flexibility index (Phi) is 4.72. The predicted molar refractivity (Wildman–Crippen MR) is 76.1 cm³/mol. The maximum Gasteiger partial charge on any atom is 0.127 e. The van der Waals surface area contributed by atoms with Crippen molar-refractivity contribution < 1.29 is 9.53 Å². The van der Waals surface area contributed by atoms with Gasteiger partial charge in [0.05, 0.1) is 0 Å². The van der Waals surface area contributed by atoms with Crippen molar-refractivity contribution in [2.45, 2.75) is 26.3 Å². The Balaban J connectivity index is 1.98. The van der Waals surface area contributed by atoms with Gasteiger partial charge in [0.15, 0.2) is 0 Å². The summed E-state index contributed by atoms with van der Waals surface area (Å²) in [6.45, 7) is 5.25. The molecule has 0 aromatic heterocycles. The largest absolute Gasteiger partial charge is 0.381 e. The lowest BCUT2D eigenvalue weighted by molar-refractivity contribution is -0.122. The molecule has 0 aliphatic carbocycles. The lowest BCUT2D eigenvalue weighted by Crippen LogP contribution is -2.41. The Labute approximate surface area is 115 Å². The van der Waals surface area contributed by atoms with Crippen molar-refractivity contribution in [2.75, 3.05) is 26.8 Å². The molecule has 104 valence electrons. The molecule has 0 radical (unpaired) electrons. The van der Waals surface area contributed by atoms with Gasteiger partial charge in [0.1, 0.15) is 6.29 Å². The minimum Gasteiger partial charge on any atom is -0.381 e. The van der Waals surface area contributed by atoms with E-state index < -0.39 is 0 Å². The van der Waals surface area contributed by atoms with Gasteiger partial charge in [-0.15, -0.1) is 0 Å². The summed E-state index contributed by atoms with van der Waals surface area (Å²) in [5.74, 6) is 0. The number of hydrogen-bond acceptors (Lipinski definition) is 3. The maximum atomic E-state index is 11.5. The molecule has 1 aromatic rings. The fraction of sp³-hybridized carbons (Fsp3) is 0.562. The van der Waals surface area contributed by atoms with E-state index >= 15 is 0 Å². The van der Waals surface area contributed by atoms with Gasteiger partial charge >= 0.3 is 0 Å². The van der Waals surface area contributed by atoms with Crippen LogP contribution in [0.3, 0.4) is 0 Å². The third-order valence-electron chi connectivity index (χ3n) is 4.02. The van der Waals surface area contributed by atoms with Crippen molar-refractivity contribution in [3.63, 3.8) is 0 Å². The standard InChI is InChI=1S/C16H23NO2/c1-14-5-3-4-6-15(14)11-17(2)12-16(13-18)7-9-19-10-8-16/h3-6,13H,7-12H2,1-2H3. The number of ether oxygens (including phenoxy) is 1. The fourth-order valence-electron chi connectivity index (χ4n) is 2.76. The number of aryl methyl sites for hydroxylation is 1. The molecule has 0 atom stereocenters. The third-order valence-corrected chi connectivity index (χ3v) is 4.02. The molecule has 2 rings (SSSR count). The number of hydrogen-bond donors (Lipinski definition) is 0. The Morgan fingerprint density at radius 2 is 2.00 bits per heavy atom. The molecule has 1 saturated heterocycles. The molecule has 1 fully saturated rings. The number of carbonyl (C=O) groups is 1. The molecule has 3 heteroatoms. The highest BCUT2D eigenvalue weighted by molar-refractivity contribution is 5.60. The van der Waals surface area contributed by atoms with Crippen LogP contribution in [0.4, 0.5) is 0 Å². The average Bonchev–Trinajstić information content (AvgIpc) is 2.42. The number of carbonyl (C=O) groups excluding carboxylic acids is 1. The molecule has 0 amide bonds. The number of nitrogens with zero attached hydrogens (tertiary/aromatic N) is 1. The lowest BCUT2D eigenvalue weighted by Gasteiger charge is -2.35. The Bertz CT molecular complexity index is 425. The van der Waals surface area contributed by atoms with Crippen molar-refractivity contribution >= 4 is 6.29 Å². The molecule has 1 aliphatic heterocycles. The smallest absolute Gasteiger partial charge is 0.127 e. The molecule has 0 spiro atoms. The van der Waals surface area contributed by atoms with Crippen LogP contribution in [0.2, 0.25) is 0 Å². The van der Waals surface area contributed by atoms with Crippen LogP contribution in [-0.4, -0.2) is 38.0 Å². The summed E-state index contributed by atoms with van der Waals surface area (Å²) in [5.41, 5.74) is 2.43. The van der Waals surface area contributed by atoms with Crippen LogP contribution in [0.15, 0.2) is 24.3 Å². The van der Waals surface area contributed by atoms with Crippen LogP contribution in [0.5, 0.6) is 0 Å². The Morgan fingerprint density at radius 3 is 2.63 bits per heavy atom. The average molecular weight is 261 g/mol. The number of rotatable bonds is 5. The first kappa shape index (κ1) is 14.2. The quantitative estimate of drug-likeness (QED) is 0.762. The molecule has 0 saturated carbocycles. The summed E-state index contributed by atoms with van der Waals surface area (Å²) in [6, 6.07) is 8.42. The second kappa shape index (κ2) is 6.31. The van der Waals surface area contributed by atoms with E-state index in [1.54, 1.807) is 0 Å². The molecule has 1 heterocycles. The van der Waals surface area contributed by atoms with Gasteiger partial charge in [0.2, 0.25) is 0 Å². The van der Waals surface area contributed by atoms with Gasteiger partial charge in [-0.2, -0.15) is 0 Å². The summed E-state index contributed by atoms with van der Waals surface area (Å²) >= 11 is 0. The summed E-state index contributed by atoms with van der Waals surface area (Å²) in [7, 11) is 2.09. The zero-order chi connectivity index (χ0) is 13.7. The van der Waals surface area contributed by atoms with E-state index in [0.717, 1.165) is 32.2 Å². The monoisotopic (exact) mass is 261 g/mol. The second-order valence-corrected chi connectivity index (χ2v) is 5.69. The van der Waals surface area contributed by atoms with Crippen molar-refractivity contribution in [1.82, 2.24) is 4.90 Å². The van der Waals surface area contributed by atoms with Crippen LogP contribution in [-0.2, 0) is 16.1 Å². The van der Waals surface area contributed by atoms with Crippen molar-refractivity contribution in [2.24, 2.45) is 5.41 Å². The van der Waals surface area contributed by atoms with Gasteiger partial charge < -0.3 is 14.4 Å². The summed E-state index contributed by atoms with van der Waals surface area (Å²) < 4.78 is 5.37. The topological polar surface area (TPSA) is 29.5 Å². The molecular formula is C16H23NO2. The van der Waals surface area contributed by atoms with Crippen LogP contribution < -0.4 is 0 Å². The van der Waals surface area contributed by atoms with Gasteiger partial charge in [-0.05, 0) is 37.9 Å². The van der Waals surface area contributed by atoms with E-state index in [4.69, 9.17) is 4.74 Å². The first-order valence-electron chi connectivity index (χ1n) is 6.92. The van der Waals surface area contributed by atoms with E-state index in [2.05, 4.69) is 43.1 Å². The Hall–Kier alpha value is -1.19. The van der Waals surface area contributed by atoms with Crippen LogP contribution in [0.25, 0.3) is 0 Å². The van der Waals surface area contributed by atoms with E-state index in [-0.39, 0.29) is 5.41 Å². The molecule has 1 aromatic carbocycles. The van der Waals surface area contributed by atoms with E-state index in [9.17, 15) is 4.79 Å². The summed E-state index contributed by atoms with van der Waals surface area (Å²) in [4.78, 5) is 13.7. The zero-order valence-electron chi connectivity index (χ0n) is 11.9. The zero-order valence-corrected chi connectivity index (χ0v) is 11.9. The summed E-state index contributed by atoms with van der Waals surface area (Å²) in [6.07, 6.45) is 2.83. The molecule has 19 heavy (non-hydrogen) atoms. The highest BCUT2D eigenvalue weighted by Gasteiger charge is 2.33. The third kappa shape index (κ3) is 3.64. The van der Waals surface area contributed by atoms with Crippen molar-refractivity contribution in [3.05, 3.63) is 35.4 Å². The first-order chi connectivity index (χ1) is 9.15. The molecule has 1 aliphatic rings. The second-order valence-electron chi connectivity index (χ2n) is 5.69. The first-order valence-corrected chi connectivity index (χ1v) is 6.92. The number of benzene rings is 1. The van der Waals surface area contributed by atoms with Crippen LogP contribution in [0, 0.1) is 12.3 Å². The van der Waals surface area contributed by atoms with Crippen LogP contribution in [0.1, 0.15) is 24.0 Å². The van der Waals surface area contributed by atoms with Gasteiger partial charge in [-0.25, -0.2) is 0 Å². The molecule has 0 unspecified atom stereocenters. The molecular weight excluding hydrogens is 238 g/mol. The van der Waals surface area contributed by atoms with E-state index in [1.165, 1.54) is 11.1 Å². The van der Waals surface area contributed by atoms with Crippen LogP contribution >= 0.6 is 0 Å². The molecule has 0 N–H and O–H groups in total. The molecule has 0 bridgehead atoms. The Morgan fingerprint density at radius 1 is 1.32 bits per heavy atom. The van der Waals surface area contributed by atoms with Gasteiger partial charge in [0.25, 0.3) is 0 Å². The minimum absolute atomic E-state index is 0.213. The normalized spacial score (nSPS) is 18.5. The van der Waals surface area contributed by atoms with E-state index in [1.807, 2.05) is 0 Å². The molecule has 3 nitrogen and oxygen atoms in total. The highest BCUT2D eigenvalue weighted by atomic mass is 16.5.